The van der Waals surface area contributed by atoms with E-state index in [1.807, 2.05) is 6.92 Å². The predicted octanol–water partition coefficient (Wildman–Crippen LogP) is 1.41. The molecule has 1 unspecified atom stereocenters. The number of aliphatic carboxylic acids is 1. The van der Waals surface area contributed by atoms with E-state index in [0.717, 1.165) is 18.4 Å². The number of phenolic OH excluding ortho intramolecular Hbond substituents is 1. The Morgan fingerprint density at radius 2 is 2.00 bits per heavy atom. The summed E-state index contributed by atoms with van der Waals surface area (Å²) in [5.74, 6) is 4.66. The van der Waals surface area contributed by atoms with Crippen molar-refractivity contribution in [3.63, 3.8) is 0 Å². The zero-order valence-corrected chi connectivity index (χ0v) is 10.5. The Bertz CT molecular complexity index is 392. The number of phenols is 1. The average molecular weight is 252 g/mol. The Morgan fingerprint density at radius 3 is 2.44 bits per heavy atom. The molecule has 1 aromatic carbocycles. The monoisotopic (exact) mass is 252 g/mol. The van der Waals surface area contributed by atoms with Gasteiger partial charge >= 0.3 is 5.97 Å². The topological polar surface area (TPSA) is 95.6 Å². The first kappa shape index (κ1) is 14.5. The molecule has 0 heterocycles. The minimum Gasteiger partial charge on any atom is -0.508 e. The van der Waals surface area contributed by atoms with Gasteiger partial charge in [-0.25, -0.2) is 5.43 Å². The number of aromatic hydroxyl groups is 1. The number of nitrogens with two attached hydrogens (primary N) is 1. The fraction of sp³-hybridized carbons (Fsp3) is 0.462. The van der Waals surface area contributed by atoms with Gasteiger partial charge < -0.3 is 10.2 Å². The lowest BCUT2D eigenvalue weighted by Crippen LogP contribution is -2.57. The molecule has 0 radical (unpaired) electrons. The molecule has 5 heteroatoms. The maximum absolute atomic E-state index is 11.4. The Hall–Kier alpha value is -1.59. The summed E-state index contributed by atoms with van der Waals surface area (Å²) >= 11 is 0. The molecule has 0 aliphatic rings. The second-order valence-electron chi connectivity index (χ2n) is 4.48. The number of nitrogens with one attached hydrogen (secondary N) is 1. The molecule has 1 aromatic rings. The summed E-state index contributed by atoms with van der Waals surface area (Å²) in [6.07, 6.45) is 2.45. The van der Waals surface area contributed by atoms with E-state index < -0.39 is 11.5 Å². The first-order chi connectivity index (χ1) is 8.54. The number of carboxylic acids is 1. The number of unbranched alkanes of at least 4 members (excludes halogenated alkanes) is 1. The highest BCUT2D eigenvalue weighted by Gasteiger charge is 2.36. The molecule has 0 amide bonds. The number of hydrogen-bond donors (Lipinski definition) is 4. The van der Waals surface area contributed by atoms with E-state index in [0.29, 0.717) is 12.8 Å². The summed E-state index contributed by atoms with van der Waals surface area (Å²) in [7, 11) is 0. The molecule has 0 fully saturated rings. The van der Waals surface area contributed by atoms with Crippen LogP contribution in [0.1, 0.15) is 31.7 Å². The number of rotatable bonds is 7. The minimum absolute atomic E-state index is 0.161. The van der Waals surface area contributed by atoms with Crippen molar-refractivity contribution in [2.75, 3.05) is 0 Å². The van der Waals surface area contributed by atoms with Crippen molar-refractivity contribution >= 4 is 5.97 Å². The smallest absolute Gasteiger partial charge is 0.325 e. The molecule has 1 atom stereocenters. The van der Waals surface area contributed by atoms with Gasteiger partial charge in [0.2, 0.25) is 0 Å². The van der Waals surface area contributed by atoms with Crippen molar-refractivity contribution < 1.29 is 15.0 Å². The van der Waals surface area contributed by atoms with E-state index >= 15 is 0 Å². The highest BCUT2D eigenvalue weighted by molar-refractivity contribution is 5.79. The summed E-state index contributed by atoms with van der Waals surface area (Å²) in [5, 5.41) is 18.6. The normalized spacial score (nSPS) is 14.1. The van der Waals surface area contributed by atoms with Crippen LogP contribution >= 0.6 is 0 Å². The van der Waals surface area contributed by atoms with Gasteiger partial charge in [0.05, 0.1) is 0 Å². The van der Waals surface area contributed by atoms with Crippen LogP contribution in [0.15, 0.2) is 24.3 Å². The molecule has 0 aliphatic carbocycles. The molecule has 18 heavy (non-hydrogen) atoms. The number of carboxylic acid groups (broad SMARTS) is 1. The number of benzene rings is 1. The molecule has 5 N–H and O–H groups in total. The van der Waals surface area contributed by atoms with Crippen LogP contribution in [0.25, 0.3) is 0 Å². The van der Waals surface area contributed by atoms with E-state index in [-0.39, 0.29) is 5.75 Å². The van der Waals surface area contributed by atoms with Crippen molar-refractivity contribution in [2.24, 2.45) is 5.84 Å². The molecule has 1 rings (SSSR count). The lowest BCUT2D eigenvalue weighted by Gasteiger charge is -2.28. The number of hydrazine groups is 1. The third-order valence-corrected chi connectivity index (χ3v) is 3.09. The van der Waals surface area contributed by atoms with Gasteiger partial charge in [-0.2, -0.15) is 0 Å². The Kier molecular flexibility index (Phi) is 5.12. The SMILES string of the molecule is CCCCC(Cc1ccc(O)cc1)(NN)C(=O)O. The quantitative estimate of drug-likeness (QED) is 0.435. The van der Waals surface area contributed by atoms with Crippen molar-refractivity contribution in [2.45, 2.75) is 38.1 Å². The summed E-state index contributed by atoms with van der Waals surface area (Å²) in [4.78, 5) is 11.4. The molecule has 0 aromatic heterocycles. The van der Waals surface area contributed by atoms with Gasteiger partial charge in [-0.1, -0.05) is 31.9 Å². The summed E-state index contributed by atoms with van der Waals surface area (Å²) in [6.45, 7) is 2.00. The van der Waals surface area contributed by atoms with Crippen LogP contribution in [-0.4, -0.2) is 21.7 Å². The number of hydrogen-bond acceptors (Lipinski definition) is 4. The van der Waals surface area contributed by atoms with E-state index in [4.69, 9.17) is 5.84 Å². The molecular weight excluding hydrogens is 232 g/mol. The number of carbonyl (C=O) groups is 1. The van der Waals surface area contributed by atoms with Gasteiger partial charge in [0.15, 0.2) is 0 Å². The second-order valence-corrected chi connectivity index (χ2v) is 4.48. The molecule has 0 bridgehead atoms. The highest BCUT2D eigenvalue weighted by atomic mass is 16.4. The Labute approximate surface area is 107 Å². The summed E-state index contributed by atoms with van der Waals surface area (Å²) < 4.78 is 0. The third kappa shape index (κ3) is 3.45. The van der Waals surface area contributed by atoms with Gasteiger partial charge in [-0.15, -0.1) is 0 Å². The van der Waals surface area contributed by atoms with Crippen LogP contribution < -0.4 is 11.3 Å². The zero-order chi connectivity index (χ0) is 13.6. The maximum Gasteiger partial charge on any atom is 0.325 e. The summed E-state index contributed by atoms with van der Waals surface area (Å²) in [5.41, 5.74) is 2.13. The third-order valence-electron chi connectivity index (χ3n) is 3.09. The molecular formula is C13H20N2O3. The first-order valence-electron chi connectivity index (χ1n) is 6.03. The molecule has 5 nitrogen and oxygen atoms in total. The lowest BCUT2D eigenvalue weighted by molar-refractivity contribution is -0.145. The maximum atomic E-state index is 11.4. The molecule has 0 saturated heterocycles. The molecule has 0 aliphatic heterocycles. The fourth-order valence-electron chi connectivity index (χ4n) is 1.90. The van der Waals surface area contributed by atoms with Crippen LogP contribution in [0, 0.1) is 0 Å². The zero-order valence-electron chi connectivity index (χ0n) is 10.5. The van der Waals surface area contributed by atoms with Crippen LogP contribution in [0.4, 0.5) is 0 Å². The molecule has 0 saturated carbocycles. The second kappa shape index (κ2) is 6.37. The van der Waals surface area contributed by atoms with Crippen LogP contribution in [0.5, 0.6) is 5.75 Å². The molecule has 100 valence electrons. The van der Waals surface area contributed by atoms with Crippen LogP contribution in [0.3, 0.4) is 0 Å². The minimum atomic E-state index is -1.15. The first-order valence-corrected chi connectivity index (χ1v) is 6.03. The largest absolute Gasteiger partial charge is 0.508 e. The van der Waals surface area contributed by atoms with Gasteiger partial charge in [0.25, 0.3) is 0 Å². The molecule has 0 spiro atoms. The van der Waals surface area contributed by atoms with Crippen LogP contribution in [-0.2, 0) is 11.2 Å². The highest BCUT2D eigenvalue weighted by Crippen LogP contribution is 2.21. The van der Waals surface area contributed by atoms with E-state index in [9.17, 15) is 15.0 Å². The predicted molar refractivity (Wildman–Crippen MR) is 69.0 cm³/mol. The average Bonchev–Trinajstić information content (AvgIpc) is 2.36. The van der Waals surface area contributed by atoms with Crippen molar-refractivity contribution in [3.05, 3.63) is 29.8 Å². The van der Waals surface area contributed by atoms with E-state index in [1.54, 1.807) is 12.1 Å². The fourth-order valence-corrected chi connectivity index (χ4v) is 1.90. The van der Waals surface area contributed by atoms with E-state index in [1.165, 1.54) is 12.1 Å². The van der Waals surface area contributed by atoms with Gasteiger partial charge in [-0.3, -0.25) is 10.6 Å². The van der Waals surface area contributed by atoms with Crippen molar-refractivity contribution in [3.8, 4) is 5.75 Å². The van der Waals surface area contributed by atoms with Crippen molar-refractivity contribution in [1.29, 1.82) is 0 Å². The van der Waals surface area contributed by atoms with Gasteiger partial charge in [0, 0.05) is 6.42 Å². The lowest BCUT2D eigenvalue weighted by atomic mass is 9.86. The standard InChI is InChI=1S/C13H20N2O3/c1-2-3-8-13(15-14,12(17)18)9-10-4-6-11(16)7-5-10/h4-7,15-16H,2-3,8-9,14H2,1H3,(H,17,18). The van der Waals surface area contributed by atoms with Gasteiger partial charge in [-0.05, 0) is 24.1 Å². The Balaban J connectivity index is 2.89. The van der Waals surface area contributed by atoms with Crippen molar-refractivity contribution in [1.82, 2.24) is 5.43 Å². The van der Waals surface area contributed by atoms with Gasteiger partial charge in [0.1, 0.15) is 11.3 Å². The summed E-state index contributed by atoms with van der Waals surface area (Å²) in [6, 6.07) is 6.49. The Morgan fingerprint density at radius 1 is 1.39 bits per heavy atom. The van der Waals surface area contributed by atoms with Crippen LogP contribution in [0.2, 0.25) is 0 Å². The van der Waals surface area contributed by atoms with E-state index in [2.05, 4.69) is 5.43 Å².